The summed E-state index contributed by atoms with van der Waals surface area (Å²) in [6, 6.07) is 16.0. The van der Waals surface area contributed by atoms with Crippen molar-refractivity contribution in [3.8, 4) is 23.1 Å². The minimum atomic E-state index is -0.279. The molecule has 0 fully saturated rings. The zero-order valence-electron chi connectivity index (χ0n) is 19.4. The van der Waals surface area contributed by atoms with Gasteiger partial charge in [0.25, 0.3) is 5.91 Å². The lowest BCUT2D eigenvalue weighted by atomic mass is 10.2. The largest absolute Gasteiger partial charge is 0.493 e. The predicted molar refractivity (Wildman–Crippen MR) is 127 cm³/mol. The predicted octanol–water partition coefficient (Wildman–Crippen LogP) is 5.63. The second-order valence-electron chi connectivity index (χ2n) is 7.71. The van der Waals surface area contributed by atoms with Crippen LogP contribution in [-0.4, -0.2) is 23.2 Å². The molecule has 174 valence electrons. The Hall–Kier alpha value is -4.33. The van der Waals surface area contributed by atoms with E-state index in [1.54, 1.807) is 43.5 Å². The Balaban J connectivity index is 1.38. The number of hydrogen-bond donors (Lipinski definition) is 1. The Morgan fingerprint density at radius 2 is 1.88 bits per heavy atom. The first kappa shape index (κ1) is 22.8. The van der Waals surface area contributed by atoms with Crippen molar-refractivity contribution in [3.05, 3.63) is 88.9 Å². The van der Waals surface area contributed by atoms with Crippen LogP contribution in [0.5, 0.6) is 23.1 Å². The van der Waals surface area contributed by atoms with Crippen molar-refractivity contribution in [2.45, 2.75) is 27.4 Å². The van der Waals surface area contributed by atoms with Crippen LogP contribution in [0.4, 0.5) is 5.69 Å². The number of aromatic nitrogens is 2. The molecule has 0 spiro atoms. The molecular formula is C26H25N3O5. The number of amides is 1. The van der Waals surface area contributed by atoms with Crippen LogP contribution in [0.3, 0.4) is 0 Å². The van der Waals surface area contributed by atoms with Crippen molar-refractivity contribution in [1.82, 2.24) is 10.1 Å². The second-order valence-corrected chi connectivity index (χ2v) is 7.71. The quantitative estimate of drug-likeness (QED) is 0.365. The maximum Gasteiger partial charge on any atom is 0.255 e. The number of anilines is 1. The standard InChI is InChI=1S/C26H25N3O5/c1-16-8-10-23(24(12-16)31-4)33-25-11-9-20(14-27-25)28-26(30)19-6-5-7-21(13-19)32-15-22-17(2)29-34-18(22)3/h5-14H,15H2,1-4H3,(H,28,30). The van der Waals surface area contributed by atoms with Gasteiger partial charge in [-0.05, 0) is 62.7 Å². The van der Waals surface area contributed by atoms with Crippen LogP contribution < -0.4 is 19.5 Å². The summed E-state index contributed by atoms with van der Waals surface area (Å²) in [6.45, 7) is 5.98. The molecule has 1 N–H and O–H groups in total. The third-order valence-corrected chi connectivity index (χ3v) is 5.19. The molecule has 4 rings (SSSR count). The number of carbonyl (C=O) groups excluding carboxylic acids is 1. The first-order chi connectivity index (χ1) is 16.4. The van der Waals surface area contributed by atoms with Crippen molar-refractivity contribution in [2.24, 2.45) is 0 Å². The molecule has 0 aliphatic carbocycles. The average molecular weight is 460 g/mol. The summed E-state index contributed by atoms with van der Waals surface area (Å²) in [4.78, 5) is 17.0. The molecule has 0 aliphatic rings. The fraction of sp³-hybridized carbons (Fsp3) is 0.192. The Kier molecular flexibility index (Phi) is 6.77. The van der Waals surface area contributed by atoms with Gasteiger partial charge in [0.15, 0.2) is 11.5 Å². The lowest BCUT2D eigenvalue weighted by Gasteiger charge is -2.11. The first-order valence-corrected chi connectivity index (χ1v) is 10.7. The van der Waals surface area contributed by atoms with Crippen LogP contribution in [0.1, 0.15) is 32.9 Å². The van der Waals surface area contributed by atoms with Gasteiger partial charge in [-0.3, -0.25) is 4.79 Å². The van der Waals surface area contributed by atoms with Crippen LogP contribution >= 0.6 is 0 Å². The average Bonchev–Trinajstić information content (AvgIpc) is 3.17. The van der Waals surface area contributed by atoms with Gasteiger partial charge < -0.3 is 24.1 Å². The monoisotopic (exact) mass is 459 g/mol. The van der Waals surface area contributed by atoms with E-state index in [-0.39, 0.29) is 5.91 Å². The van der Waals surface area contributed by atoms with Crippen molar-refractivity contribution >= 4 is 11.6 Å². The van der Waals surface area contributed by atoms with Crippen LogP contribution in [-0.2, 0) is 6.61 Å². The van der Waals surface area contributed by atoms with E-state index in [0.29, 0.717) is 46.7 Å². The number of pyridine rings is 1. The maximum absolute atomic E-state index is 12.7. The third kappa shape index (κ3) is 5.35. The van der Waals surface area contributed by atoms with Crippen molar-refractivity contribution in [1.29, 1.82) is 0 Å². The molecule has 34 heavy (non-hydrogen) atoms. The van der Waals surface area contributed by atoms with Gasteiger partial charge in [0, 0.05) is 11.6 Å². The van der Waals surface area contributed by atoms with E-state index >= 15 is 0 Å². The summed E-state index contributed by atoms with van der Waals surface area (Å²) in [6.07, 6.45) is 1.53. The fourth-order valence-corrected chi connectivity index (χ4v) is 3.28. The van der Waals surface area contributed by atoms with E-state index in [1.165, 1.54) is 6.20 Å². The number of hydrogen-bond acceptors (Lipinski definition) is 7. The normalized spacial score (nSPS) is 10.6. The minimum absolute atomic E-state index is 0.279. The molecular weight excluding hydrogens is 434 g/mol. The summed E-state index contributed by atoms with van der Waals surface area (Å²) in [5, 5.41) is 6.75. The molecule has 0 bridgehead atoms. The summed E-state index contributed by atoms with van der Waals surface area (Å²) in [5.74, 6) is 2.57. The SMILES string of the molecule is COc1cc(C)ccc1Oc1ccc(NC(=O)c2cccc(OCc3c(C)noc3C)c2)cn1. The highest BCUT2D eigenvalue weighted by Gasteiger charge is 2.12. The highest BCUT2D eigenvalue weighted by atomic mass is 16.5. The Labute approximate surface area is 197 Å². The number of ether oxygens (including phenoxy) is 3. The molecule has 2 heterocycles. The van der Waals surface area contributed by atoms with Crippen LogP contribution in [0.2, 0.25) is 0 Å². The molecule has 1 amide bonds. The maximum atomic E-state index is 12.7. The highest BCUT2D eigenvalue weighted by molar-refractivity contribution is 6.04. The van der Waals surface area contributed by atoms with Crippen LogP contribution in [0.15, 0.2) is 65.3 Å². The molecule has 0 aliphatic heterocycles. The van der Waals surface area contributed by atoms with Crippen LogP contribution in [0, 0.1) is 20.8 Å². The molecule has 2 aromatic carbocycles. The van der Waals surface area contributed by atoms with Gasteiger partial charge in [0.2, 0.25) is 5.88 Å². The van der Waals surface area contributed by atoms with Gasteiger partial charge in [0.05, 0.1) is 30.3 Å². The fourth-order valence-electron chi connectivity index (χ4n) is 3.28. The molecule has 0 radical (unpaired) electrons. The molecule has 8 nitrogen and oxygen atoms in total. The molecule has 0 atom stereocenters. The van der Waals surface area contributed by atoms with Crippen molar-refractivity contribution in [2.75, 3.05) is 12.4 Å². The summed E-state index contributed by atoms with van der Waals surface area (Å²) in [7, 11) is 1.59. The molecule has 4 aromatic rings. The van der Waals surface area contributed by atoms with E-state index in [9.17, 15) is 4.79 Å². The van der Waals surface area contributed by atoms with E-state index in [2.05, 4.69) is 15.5 Å². The Morgan fingerprint density at radius 1 is 1.03 bits per heavy atom. The summed E-state index contributed by atoms with van der Waals surface area (Å²) >= 11 is 0. The van der Waals surface area contributed by atoms with Crippen molar-refractivity contribution < 1.29 is 23.5 Å². The topological polar surface area (TPSA) is 95.7 Å². The van der Waals surface area contributed by atoms with E-state index in [4.69, 9.17) is 18.7 Å². The number of carbonyl (C=O) groups is 1. The van der Waals surface area contributed by atoms with Crippen LogP contribution in [0.25, 0.3) is 0 Å². The van der Waals surface area contributed by atoms with E-state index in [0.717, 1.165) is 16.8 Å². The smallest absolute Gasteiger partial charge is 0.255 e. The number of aryl methyl sites for hydroxylation is 3. The van der Waals surface area contributed by atoms with E-state index < -0.39 is 0 Å². The Bertz CT molecular complexity index is 1280. The summed E-state index contributed by atoms with van der Waals surface area (Å²) < 4.78 is 22.2. The molecule has 0 saturated heterocycles. The van der Waals surface area contributed by atoms with Gasteiger partial charge in [-0.2, -0.15) is 0 Å². The van der Waals surface area contributed by atoms with Gasteiger partial charge in [-0.25, -0.2) is 4.98 Å². The van der Waals surface area contributed by atoms with Gasteiger partial charge >= 0.3 is 0 Å². The van der Waals surface area contributed by atoms with Crippen molar-refractivity contribution in [3.63, 3.8) is 0 Å². The Morgan fingerprint density at radius 3 is 2.59 bits per heavy atom. The lowest BCUT2D eigenvalue weighted by molar-refractivity contribution is 0.102. The lowest BCUT2D eigenvalue weighted by Crippen LogP contribution is -2.12. The number of nitrogens with zero attached hydrogens (tertiary/aromatic N) is 2. The van der Waals surface area contributed by atoms with Gasteiger partial charge in [-0.15, -0.1) is 0 Å². The summed E-state index contributed by atoms with van der Waals surface area (Å²) in [5.41, 5.74) is 3.74. The highest BCUT2D eigenvalue weighted by Crippen LogP contribution is 2.31. The number of benzene rings is 2. The molecule has 0 saturated carbocycles. The molecule has 2 aromatic heterocycles. The zero-order chi connectivity index (χ0) is 24.1. The van der Waals surface area contributed by atoms with Gasteiger partial charge in [-0.1, -0.05) is 17.3 Å². The third-order valence-electron chi connectivity index (χ3n) is 5.19. The molecule has 0 unspecified atom stereocenters. The first-order valence-electron chi connectivity index (χ1n) is 10.7. The number of nitrogens with one attached hydrogen (secondary N) is 1. The zero-order valence-corrected chi connectivity index (χ0v) is 19.4. The van der Waals surface area contributed by atoms with Gasteiger partial charge in [0.1, 0.15) is 18.1 Å². The van der Waals surface area contributed by atoms with E-state index in [1.807, 2.05) is 39.0 Å². The minimum Gasteiger partial charge on any atom is -0.493 e. The molecule has 8 heteroatoms. The number of rotatable bonds is 8. The number of methoxy groups -OCH3 is 1. The second kappa shape index (κ2) is 10.1.